The first-order valence-electron chi connectivity index (χ1n) is 4.46. The quantitative estimate of drug-likeness (QED) is 0.582. The van der Waals surface area contributed by atoms with E-state index >= 15 is 0 Å². The molecule has 0 aromatic carbocycles. The molecule has 0 aliphatic rings. The van der Waals surface area contributed by atoms with Crippen LogP contribution in [0.3, 0.4) is 0 Å². The molecule has 80 valence electrons. The predicted octanol–water partition coefficient (Wildman–Crippen LogP) is 2.45. The van der Waals surface area contributed by atoms with Crippen LogP contribution in [0.2, 0.25) is 0 Å². The molecule has 0 aliphatic carbocycles. The van der Waals surface area contributed by atoms with Crippen LogP contribution in [0.4, 0.5) is 0 Å². The zero-order valence-corrected chi connectivity index (χ0v) is 9.47. The van der Waals surface area contributed by atoms with Gasteiger partial charge in [0.1, 0.15) is 0 Å². The highest BCUT2D eigenvalue weighted by molar-refractivity contribution is 7.14. The molecule has 15 heavy (non-hydrogen) atoms. The number of ether oxygens (including phenoxy) is 1. The number of hydrogen-bond donors (Lipinski definition) is 0. The van der Waals surface area contributed by atoms with Gasteiger partial charge in [-0.3, -0.25) is 9.59 Å². The largest absolute Gasteiger partial charge is 0.469 e. The number of rotatable bonds is 4. The Balaban J connectivity index is 2.67. The summed E-state index contributed by atoms with van der Waals surface area (Å²) in [6.45, 7) is 1.93. The monoisotopic (exact) mass is 224 g/mol. The standard InChI is InChI=1S/C11H12O3S/c1-8-6-9(7-12)15-10(8)4-3-5-11(13)14-2/h3-4,6-7H,5H2,1-2H3. The highest BCUT2D eigenvalue weighted by Gasteiger charge is 2.01. The van der Waals surface area contributed by atoms with Crippen LogP contribution in [-0.2, 0) is 9.53 Å². The molecule has 0 fully saturated rings. The van der Waals surface area contributed by atoms with E-state index in [0.29, 0.717) is 4.88 Å². The van der Waals surface area contributed by atoms with Crippen LogP contribution in [0, 0.1) is 6.92 Å². The van der Waals surface area contributed by atoms with Crippen molar-refractivity contribution >= 4 is 29.7 Å². The van der Waals surface area contributed by atoms with E-state index in [2.05, 4.69) is 4.74 Å². The molecule has 0 unspecified atom stereocenters. The molecule has 0 aliphatic heterocycles. The zero-order valence-electron chi connectivity index (χ0n) is 8.65. The van der Waals surface area contributed by atoms with Gasteiger partial charge < -0.3 is 4.74 Å². The molecule has 0 atom stereocenters. The lowest BCUT2D eigenvalue weighted by Gasteiger charge is -1.92. The molecule has 3 nitrogen and oxygen atoms in total. The molecule has 0 amide bonds. The molecule has 0 bridgehead atoms. The van der Waals surface area contributed by atoms with E-state index in [-0.39, 0.29) is 12.4 Å². The Morgan fingerprint density at radius 2 is 2.33 bits per heavy atom. The topological polar surface area (TPSA) is 43.4 Å². The number of carbonyl (C=O) groups excluding carboxylic acids is 2. The first kappa shape index (κ1) is 11.7. The van der Waals surface area contributed by atoms with Crippen molar-refractivity contribution < 1.29 is 14.3 Å². The van der Waals surface area contributed by atoms with Gasteiger partial charge in [-0.2, -0.15) is 0 Å². The normalized spacial score (nSPS) is 10.5. The van der Waals surface area contributed by atoms with Gasteiger partial charge in [-0.05, 0) is 24.6 Å². The van der Waals surface area contributed by atoms with Gasteiger partial charge in [0.25, 0.3) is 0 Å². The lowest BCUT2D eigenvalue weighted by atomic mass is 10.2. The van der Waals surface area contributed by atoms with Crippen LogP contribution in [0.1, 0.15) is 26.5 Å². The summed E-state index contributed by atoms with van der Waals surface area (Å²) in [4.78, 5) is 23.0. The molecule has 1 rings (SSSR count). The van der Waals surface area contributed by atoms with Crippen LogP contribution in [0.5, 0.6) is 0 Å². The van der Waals surface area contributed by atoms with E-state index in [4.69, 9.17) is 0 Å². The molecule has 0 spiro atoms. The van der Waals surface area contributed by atoms with Gasteiger partial charge in [0.2, 0.25) is 0 Å². The maximum atomic E-state index is 10.8. The number of esters is 1. The lowest BCUT2D eigenvalue weighted by Crippen LogP contribution is -1.96. The van der Waals surface area contributed by atoms with E-state index < -0.39 is 0 Å². The van der Waals surface area contributed by atoms with Crippen molar-refractivity contribution in [3.05, 3.63) is 27.5 Å². The summed E-state index contributed by atoms with van der Waals surface area (Å²) in [6, 6.07) is 1.83. The van der Waals surface area contributed by atoms with Crippen molar-refractivity contribution in [3.8, 4) is 0 Å². The summed E-state index contributed by atoms with van der Waals surface area (Å²) in [5.41, 5.74) is 1.04. The van der Waals surface area contributed by atoms with Gasteiger partial charge in [-0.15, -0.1) is 11.3 Å². The van der Waals surface area contributed by atoms with Crippen LogP contribution < -0.4 is 0 Å². The molecule has 1 heterocycles. The fourth-order valence-electron chi connectivity index (χ4n) is 1.09. The average Bonchev–Trinajstić information content (AvgIpc) is 2.59. The molecule has 1 aromatic heterocycles. The highest BCUT2D eigenvalue weighted by Crippen LogP contribution is 2.21. The third-order valence-electron chi connectivity index (χ3n) is 1.87. The van der Waals surface area contributed by atoms with Crippen molar-refractivity contribution in [2.24, 2.45) is 0 Å². The Morgan fingerprint density at radius 1 is 1.60 bits per heavy atom. The molecule has 1 aromatic rings. The fraction of sp³-hybridized carbons (Fsp3) is 0.273. The molecule has 0 saturated heterocycles. The maximum Gasteiger partial charge on any atom is 0.309 e. The summed E-state index contributed by atoms with van der Waals surface area (Å²) in [5.74, 6) is -0.268. The Hall–Kier alpha value is -1.42. The average molecular weight is 224 g/mol. The second-order valence-electron chi connectivity index (χ2n) is 3.00. The minimum atomic E-state index is -0.268. The van der Waals surface area contributed by atoms with Crippen molar-refractivity contribution in [2.75, 3.05) is 7.11 Å². The highest BCUT2D eigenvalue weighted by atomic mass is 32.1. The van der Waals surface area contributed by atoms with E-state index in [9.17, 15) is 9.59 Å². The molecular formula is C11H12O3S. The Kier molecular flexibility index (Phi) is 4.24. The third-order valence-corrected chi connectivity index (χ3v) is 3.00. The van der Waals surface area contributed by atoms with Crippen LogP contribution in [0.15, 0.2) is 12.1 Å². The molecule has 0 radical (unpaired) electrons. The number of aldehydes is 1. The Labute approximate surface area is 92.4 Å². The zero-order chi connectivity index (χ0) is 11.3. The lowest BCUT2D eigenvalue weighted by molar-refractivity contribution is -0.139. The van der Waals surface area contributed by atoms with E-state index in [1.54, 1.807) is 6.08 Å². The summed E-state index contributed by atoms with van der Waals surface area (Å²) in [5, 5.41) is 0. The van der Waals surface area contributed by atoms with Crippen molar-refractivity contribution in [1.29, 1.82) is 0 Å². The van der Waals surface area contributed by atoms with Gasteiger partial charge in [0.15, 0.2) is 6.29 Å². The summed E-state index contributed by atoms with van der Waals surface area (Å²) < 4.78 is 4.50. The summed E-state index contributed by atoms with van der Waals surface area (Å²) in [6.07, 6.45) is 4.66. The van der Waals surface area contributed by atoms with Crippen LogP contribution >= 0.6 is 11.3 Å². The van der Waals surface area contributed by atoms with Gasteiger partial charge in [0.05, 0.1) is 18.4 Å². The molecule has 0 N–H and O–H groups in total. The van der Waals surface area contributed by atoms with Crippen molar-refractivity contribution in [2.45, 2.75) is 13.3 Å². The summed E-state index contributed by atoms with van der Waals surface area (Å²) in [7, 11) is 1.36. The first-order valence-corrected chi connectivity index (χ1v) is 5.28. The molecular weight excluding hydrogens is 212 g/mol. The maximum absolute atomic E-state index is 10.8. The van der Waals surface area contributed by atoms with Crippen molar-refractivity contribution in [3.63, 3.8) is 0 Å². The van der Waals surface area contributed by atoms with E-state index in [1.165, 1.54) is 18.4 Å². The van der Waals surface area contributed by atoms with E-state index in [0.717, 1.165) is 16.7 Å². The number of thiophene rings is 1. The number of carbonyl (C=O) groups is 2. The van der Waals surface area contributed by atoms with Crippen molar-refractivity contribution in [1.82, 2.24) is 0 Å². The van der Waals surface area contributed by atoms with Gasteiger partial charge in [-0.1, -0.05) is 6.08 Å². The minimum Gasteiger partial charge on any atom is -0.469 e. The minimum absolute atomic E-state index is 0.254. The van der Waals surface area contributed by atoms with Gasteiger partial charge in [0, 0.05) is 4.88 Å². The second-order valence-corrected chi connectivity index (χ2v) is 4.11. The van der Waals surface area contributed by atoms with Gasteiger partial charge in [-0.25, -0.2) is 0 Å². The number of methoxy groups -OCH3 is 1. The fourth-order valence-corrected chi connectivity index (χ4v) is 2.01. The van der Waals surface area contributed by atoms with Crippen LogP contribution in [-0.4, -0.2) is 19.4 Å². The summed E-state index contributed by atoms with van der Waals surface area (Å²) >= 11 is 1.41. The number of aryl methyl sites for hydroxylation is 1. The Bertz CT molecular complexity index is 391. The van der Waals surface area contributed by atoms with Crippen LogP contribution in [0.25, 0.3) is 6.08 Å². The first-order chi connectivity index (χ1) is 7.17. The smallest absolute Gasteiger partial charge is 0.309 e. The van der Waals surface area contributed by atoms with E-state index in [1.807, 2.05) is 19.1 Å². The molecule has 0 saturated carbocycles. The van der Waals surface area contributed by atoms with Gasteiger partial charge >= 0.3 is 5.97 Å². The number of hydrogen-bond acceptors (Lipinski definition) is 4. The molecule has 4 heteroatoms. The second kappa shape index (κ2) is 5.46. The predicted molar refractivity (Wildman–Crippen MR) is 60.1 cm³/mol. The third kappa shape index (κ3) is 3.32. The SMILES string of the molecule is COC(=O)CC=Cc1sc(C=O)cc1C. The Morgan fingerprint density at radius 3 is 2.87 bits per heavy atom.